The van der Waals surface area contributed by atoms with Crippen molar-refractivity contribution in [3.63, 3.8) is 0 Å². The first-order chi connectivity index (χ1) is 9.44. The summed E-state index contributed by atoms with van der Waals surface area (Å²) in [6.07, 6.45) is 1.57. The van der Waals surface area contributed by atoms with E-state index in [9.17, 15) is 4.79 Å². The van der Waals surface area contributed by atoms with Crippen molar-refractivity contribution in [3.05, 3.63) is 45.4 Å². The van der Waals surface area contributed by atoms with Crippen LogP contribution in [0.5, 0.6) is 5.75 Å². The molecule has 0 saturated carbocycles. The Bertz CT molecular complexity index is 611. The highest BCUT2D eigenvalue weighted by Crippen LogP contribution is 2.26. The maximum Gasteiger partial charge on any atom is 0.153 e. The van der Waals surface area contributed by atoms with Crippen LogP contribution < -0.4 is 4.74 Å². The van der Waals surface area contributed by atoms with E-state index < -0.39 is 0 Å². The Hall–Kier alpha value is -1.68. The van der Waals surface area contributed by atoms with Crippen LogP contribution in [0.1, 0.15) is 47.4 Å². The molecule has 0 fully saturated rings. The minimum atomic E-state index is 0.0720. The molecule has 0 N–H and O–H groups in total. The predicted molar refractivity (Wildman–Crippen MR) is 82.0 cm³/mol. The molecule has 0 unspecified atom stereocenters. The molecule has 0 radical (unpaired) electrons. The van der Waals surface area contributed by atoms with Gasteiger partial charge in [0.2, 0.25) is 0 Å². The van der Waals surface area contributed by atoms with Gasteiger partial charge < -0.3 is 4.74 Å². The van der Waals surface area contributed by atoms with Gasteiger partial charge in [0, 0.05) is 17.2 Å². The zero-order valence-corrected chi connectivity index (χ0v) is 13.1. The van der Waals surface area contributed by atoms with Gasteiger partial charge in [-0.05, 0) is 17.7 Å². The number of benzene rings is 1. The van der Waals surface area contributed by atoms with E-state index in [0.29, 0.717) is 11.3 Å². The number of hydrogen-bond donors (Lipinski definition) is 0. The van der Waals surface area contributed by atoms with Crippen molar-refractivity contribution in [2.75, 3.05) is 7.11 Å². The average Bonchev–Trinajstić information content (AvgIpc) is 2.87. The van der Waals surface area contributed by atoms with Gasteiger partial charge in [0.25, 0.3) is 0 Å². The van der Waals surface area contributed by atoms with Gasteiger partial charge in [-0.2, -0.15) is 0 Å². The lowest BCUT2D eigenvalue weighted by molar-refractivity contribution is 0.112. The lowest BCUT2D eigenvalue weighted by atomic mass is 9.93. The fraction of sp³-hybridized carbons (Fsp3) is 0.375. The van der Waals surface area contributed by atoms with Crippen molar-refractivity contribution >= 4 is 17.6 Å². The molecule has 0 saturated heterocycles. The molecule has 4 heteroatoms. The molecule has 1 aromatic carbocycles. The van der Waals surface area contributed by atoms with Crippen LogP contribution in [0.2, 0.25) is 0 Å². The summed E-state index contributed by atoms with van der Waals surface area (Å²) in [5.41, 5.74) is 2.84. The predicted octanol–water partition coefficient (Wildman–Crippen LogP) is 3.85. The number of thiazole rings is 1. The van der Waals surface area contributed by atoms with Gasteiger partial charge in [0.05, 0.1) is 23.4 Å². The Morgan fingerprint density at radius 1 is 1.35 bits per heavy atom. The minimum Gasteiger partial charge on any atom is -0.496 e. The second kappa shape index (κ2) is 5.75. The molecule has 0 spiro atoms. The van der Waals surface area contributed by atoms with E-state index in [4.69, 9.17) is 4.74 Å². The highest BCUT2D eigenvalue weighted by atomic mass is 32.1. The smallest absolute Gasteiger partial charge is 0.153 e. The van der Waals surface area contributed by atoms with Crippen LogP contribution in [0.25, 0.3) is 0 Å². The normalized spacial score (nSPS) is 11.4. The first kappa shape index (κ1) is 14.7. The molecule has 20 heavy (non-hydrogen) atoms. The Kier molecular flexibility index (Phi) is 4.23. The number of methoxy groups -OCH3 is 1. The van der Waals surface area contributed by atoms with Gasteiger partial charge in [-0.25, -0.2) is 4.98 Å². The lowest BCUT2D eigenvalue weighted by Crippen LogP contribution is -2.11. The van der Waals surface area contributed by atoms with Gasteiger partial charge in [0.1, 0.15) is 5.75 Å². The van der Waals surface area contributed by atoms with Crippen LogP contribution in [0, 0.1) is 0 Å². The van der Waals surface area contributed by atoms with E-state index in [2.05, 4.69) is 31.1 Å². The number of rotatable bonds is 4. The summed E-state index contributed by atoms with van der Waals surface area (Å²) in [5.74, 6) is 0.610. The fourth-order valence-electron chi connectivity index (χ4n) is 1.90. The molecule has 2 aromatic rings. The third-order valence-corrected chi connectivity index (χ3v) is 3.95. The SMILES string of the molecule is COc1ccc(Cc2nc(C(C)(C)C)cs2)cc1C=O. The van der Waals surface area contributed by atoms with Crippen LogP contribution in [0.15, 0.2) is 23.6 Å². The highest BCUT2D eigenvalue weighted by Gasteiger charge is 2.17. The number of carbonyl (C=O) groups excluding carboxylic acids is 1. The van der Waals surface area contributed by atoms with Gasteiger partial charge in [-0.3, -0.25) is 4.79 Å². The average molecular weight is 289 g/mol. The van der Waals surface area contributed by atoms with Crippen molar-refractivity contribution in [1.29, 1.82) is 0 Å². The molecule has 0 amide bonds. The Morgan fingerprint density at radius 2 is 2.10 bits per heavy atom. The molecule has 106 valence electrons. The summed E-state index contributed by atoms with van der Waals surface area (Å²) < 4.78 is 5.15. The van der Waals surface area contributed by atoms with Gasteiger partial charge in [0.15, 0.2) is 6.29 Å². The first-order valence-electron chi connectivity index (χ1n) is 6.51. The van der Waals surface area contributed by atoms with Crippen LogP contribution in [-0.2, 0) is 11.8 Å². The number of aromatic nitrogens is 1. The monoisotopic (exact) mass is 289 g/mol. The molecule has 0 aliphatic rings. The number of hydrogen-bond acceptors (Lipinski definition) is 4. The zero-order valence-electron chi connectivity index (χ0n) is 12.3. The third-order valence-electron chi connectivity index (χ3n) is 3.10. The maximum atomic E-state index is 11.0. The summed E-state index contributed by atoms with van der Waals surface area (Å²) in [7, 11) is 1.57. The van der Waals surface area contributed by atoms with Crippen molar-refractivity contribution in [2.45, 2.75) is 32.6 Å². The van der Waals surface area contributed by atoms with Crippen molar-refractivity contribution in [2.24, 2.45) is 0 Å². The summed E-state index contributed by atoms with van der Waals surface area (Å²) in [6.45, 7) is 6.47. The number of ether oxygens (including phenoxy) is 1. The summed E-state index contributed by atoms with van der Waals surface area (Å²) in [6, 6.07) is 5.67. The van der Waals surface area contributed by atoms with Crippen molar-refractivity contribution < 1.29 is 9.53 Å². The van der Waals surface area contributed by atoms with E-state index in [1.807, 2.05) is 18.2 Å². The van der Waals surface area contributed by atoms with Crippen LogP contribution >= 0.6 is 11.3 Å². The van der Waals surface area contributed by atoms with E-state index in [1.165, 1.54) is 0 Å². The summed E-state index contributed by atoms with van der Waals surface area (Å²) in [4.78, 5) is 15.7. The summed E-state index contributed by atoms with van der Waals surface area (Å²) in [5, 5.41) is 3.18. The third kappa shape index (κ3) is 3.25. The first-order valence-corrected chi connectivity index (χ1v) is 7.39. The van der Waals surface area contributed by atoms with E-state index in [0.717, 1.165) is 29.0 Å². The highest BCUT2D eigenvalue weighted by molar-refractivity contribution is 7.09. The molecule has 2 rings (SSSR count). The molecular weight excluding hydrogens is 270 g/mol. The molecular formula is C16H19NO2S. The second-order valence-corrected chi connectivity index (χ2v) is 6.69. The molecule has 0 aliphatic carbocycles. The zero-order chi connectivity index (χ0) is 14.8. The van der Waals surface area contributed by atoms with E-state index >= 15 is 0 Å². The maximum absolute atomic E-state index is 11.0. The fourth-order valence-corrected chi connectivity index (χ4v) is 2.95. The molecule has 1 heterocycles. The number of aldehydes is 1. The Balaban J connectivity index is 2.22. The second-order valence-electron chi connectivity index (χ2n) is 5.75. The largest absolute Gasteiger partial charge is 0.496 e. The number of carbonyl (C=O) groups is 1. The Labute approximate surface area is 123 Å². The van der Waals surface area contributed by atoms with Crippen molar-refractivity contribution in [1.82, 2.24) is 4.98 Å². The lowest BCUT2D eigenvalue weighted by Gasteiger charge is -2.14. The van der Waals surface area contributed by atoms with Gasteiger partial charge in [-0.15, -0.1) is 11.3 Å². The molecule has 0 bridgehead atoms. The van der Waals surface area contributed by atoms with Gasteiger partial charge in [-0.1, -0.05) is 26.8 Å². The quantitative estimate of drug-likeness (QED) is 0.802. The van der Waals surface area contributed by atoms with Crippen LogP contribution in [0.3, 0.4) is 0 Å². The molecule has 1 aromatic heterocycles. The van der Waals surface area contributed by atoms with Crippen molar-refractivity contribution in [3.8, 4) is 5.75 Å². The molecule has 0 aliphatic heterocycles. The topological polar surface area (TPSA) is 39.2 Å². The van der Waals surface area contributed by atoms with Crippen LogP contribution in [-0.4, -0.2) is 18.4 Å². The number of nitrogens with zero attached hydrogens (tertiary/aromatic N) is 1. The van der Waals surface area contributed by atoms with Crippen LogP contribution in [0.4, 0.5) is 0 Å². The standard InChI is InChI=1S/C16H19NO2S/c1-16(2,3)14-10-20-15(17-14)8-11-5-6-13(19-4)12(7-11)9-18/h5-7,9-10H,8H2,1-4H3. The Morgan fingerprint density at radius 3 is 2.65 bits per heavy atom. The summed E-state index contributed by atoms with van der Waals surface area (Å²) >= 11 is 1.66. The van der Waals surface area contributed by atoms with E-state index in [1.54, 1.807) is 18.4 Å². The molecule has 3 nitrogen and oxygen atoms in total. The molecule has 0 atom stereocenters. The van der Waals surface area contributed by atoms with E-state index in [-0.39, 0.29) is 5.41 Å². The van der Waals surface area contributed by atoms with Gasteiger partial charge >= 0.3 is 0 Å². The minimum absolute atomic E-state index is 0.0720.